The maximum Gasteiger partial charge on any atom is 0.127 e. The van der Waals surface area contributed by atoms with E-state index in [1.165, 1.54) is 22.4 Å². The van der Waals surface area contributed by atoms with Crippen molar-refractivity contribution < 1.29 is 9.47 Å². The van der Waals surface area contributed by atoms with E-state index in [1.54, 1.807) is 7.11 Å². The van der Waals surface area contributed by atoms with Crippen LogP contribution >= 0.6 is 0 Å². The Kier molecular flexibility index (Phi) is 6.46. The van der Waals surface area contributed by atoms with Crippen LogP contribution in [0.4, 0.5) is 11.4 Å². The zero-order chi connectivity index (χ0) is 23.6. The molecule has 33 heavy (non-hydrogen) atoms. The van der Waals surface area contributed by atoms with Crippen molar-refractivity contribution in [3.05, 3.63) is 77.4 Å². The summed E-state index contributed by atoms with van der Waals surface area (Å²) in [6, 6.07) is 20.1. The van der Waals surface area contributed by atoms with Crippen LogP contribution in [0.15, 0.2) is 65.7 Å². The summed E-state index contributed by atoms with van der Waals surface area (Å²) in [5.74, 6) is 2.89. The highest BCUT2D eigenvalue weighted by Crippen LogP contribution is 2.44. The third-order valence-electron chi connectivity index (χ3n) is 6.57. The highest BCUT2D eigenvalue weighted by molar-refractivity contribution is 5.86. The predicted octanol–water partition coefficient (Wildman–Crippen LogP) is 7.66. The van der Waals surface area contributed by atoms with Crippen LogP contribution < -0.4 is 14.4 Å². The summed E-state index contributed by atoms with van der Waals surface area (Å²) in [7, 11) is 1.65. The van der Waals surface area contributed by atoms with Gasteiger partial charge in [0.2, 0.25) is 0 Å². The van der Waals surface area contributed by atoms with Crippen LogP contribution in [0.25, 0.3) is 0 Å². The minimum atomic E-state index is 0.179. The van der Waals surface area contributed by atoms with E-state index in [9.17, 15) is 0 Å². The standard InChI is InChI=1S/C29H34N2O2/c1-7-31-28-16-20(2)22(17-27(28)21(3)18-29(31,4)5)19-30-23-8-10-25(11-9-23)33-26-14-12-24(32-6)13-15-26/h8-17,19,21H,7,18H2,1-6H3/t21-/m0/s1. The third-order valence-corrected chi connectivity index (χ3v) is 6.57. The van der Waals surface area contributed by atoms with Gasteiger partial charge < -0.3 is 14.4 Å². The molecule has 1 aliphatic rings. The van der Waals surface area contributed by atoms with Gasteiger partial charge in [0.15, 0.2) is 0 Å². The molecule has 4 heteroatoms. The average Bonchev–Trinajstić information content (AvgIpc) is 2.79. The summed E-state index contributed by atoms with van der Waals surface area (Å²) in [4.78, 5) is 7.28. The van der Waals surface area contributed by atoms with Crippen molar-refractivity contribution in [1.82, 2.24) is 0 Å². The lowest BCUT2D eigenvalue weighted by atomic mass is 9.79. The summed E-state index contributed by atoms with van der Waals surface area (Å²) >= 11 is 0. The maximum absolute atomic E-state index is 5.91. The number of benzene rings is 3. The Labute approximate surface area is 197 Å². The SMILES string of the molecule is CCN1c2cc(C)c(C=Nc3ccc(Oc4ccc(OC)cc4)cc3)cc2[C@@H](C)CC1(C)C. The van der Waals surface area contributed by atoms with Crippen LogP contribution in [0.2, 0.25) is 0 Å². The summed E-state index contributed by atoms with van der Waals surface area (Å²) in [5, 5.41) is 0. The van der Waals surface area contributed by atoms with Crippen LogP contribution in [0.3, 0.4) is 0 Å². The van der Waals surface area contributed by atoms with E-state index in [-0.39, 0.29) is 5.54 Å². The minimum absolute atomic E-state index is 0.179. The van der Waals surface area contributed by atoms with E-state index in [1.807, 2.05) is 54.7 Å². The Bertz CT molecular complexity index is 1130. The molecule has 0 bridgehead atoms. The number of rotatable bonds is 6. The number of fused-ring (bicyclic) bond motifs is 1. The van der Waals surface area contributed by atoms with E-state index < -0.39 is 0 Å². The van der Waals surface area contributed by atoms with Crippen molar-refractivity contribution in [2.75, 3.05) is 18.6 Å². The first-order valence-corrected chi connectivity index (χ1v) is 11.7. The molecule has 0 fully saturated rings. The summed E-state index contributed by atoms with van der Waals surface area (Å²) < 4.78 is 11.1. The number of hydrogen-bond donors (Lipinski definition) is 0. The minimum Gasteiger partial charge on any atom is -0.497 e. The maximum atomic E-state index is 5.91. The Balaban J connectivity index is 1.51. The van der Waals surface area contributed by atoms with Crippen molar-refractivity contribution in [2.24, 2.45) is 4.99 Å². The van der Waals surface area contributed by atoms with Crippen LogP contribution in [0.1, 0.15) is 56.7 Å². The van der Waals surface area contributed by atoms with Gasteiger partial charge in [-0.25, -0.2) is 0 Å². The van der Waals surface area contributed by atoms with Gasteiger partial charge in [-0.1, -0.05) is 6.92 Å². The molecule has 0 spiro atoms. The predicted molar refractivity (Wildman–Crippen MR) is 138 cm³/mol. The fourth-order valence-electron chi connectivity index (χ4n) is 4.91. The van der Waals surface area contributed by atoms with E-state index >= 15 is 0 Å². The van der Waals surface area contributed by atoms with Gasteiger partial charge in [0.05, 0.1) is 12.8 Å². The van der Waals surface area contributed by atoms with E-state index in [2.05, 4.69) is 51.7 Å². The zero-order valence-corrected chi connectivity index (χ0v) is 20.6. The van der Waals surface area contributed by atoms with Gasteiger partial charge >= 0.3 is 0 Å². The van der Waals surface area contributed by atoms with Gasteiger partial charge in [-0.3, -0.25) is 4.99 Å². The van der Waals surface area contributed by atoms with E-state index in [4.69, 9.17) is 14.5 Å². The molecular formula is C29H34N2O2. The van der Waals surface area contributed by atoms with Gasteiger partial charge in [0.1, 0.15) is 17.2 Å². The van der Waals surface area contributed by atoms with Crippen molar-refractivity contribution in [1.29, 1.82) is 0 Å². The molecule has 3 aromatic carbocycles. The quantitative estimate of drug-likeness (QED) is 0.368. The van der Waals surface area contributed by atoms with Crippen molar-refractivity contribution >= 4 is 17.6 Å². The number of ether oxygens (including phenoxy) is 2. The Morgan fingerprint density at radius 1 is 1.00 bits per heavy atom. The zero-order valence-electron chi connectivity index (χ0n) is 20.6. The van der Waals surface area contributed by atoms with Crippen LogP contribution in [-0.4, -0.2) is 25.4 Å². The van der Waals surface area contributed by atoms with Gasteiger partial charge in [-0.15, -0.1) is 0 Å². The van der Waals surface area contributed by atoms with Gasteiger partial charge in [0, 0.05) is 24.0 Å². The van der Waals surface area contributed by atoms with E-state index in [0.717, 1.165) is 35.9 Å². The first-order valence-electron chi connectivity index (χ1n) is 11.7. The molecule has 0 saturated carbocycles. The molecule has 0 aliphatic carbocycles. The molecule has 1 atom stereocenters. The van der Waals surface area contributed by atoms with Crippen molar-refractivity contribution in [3.63, 3.8) is 0 Å². The molecular weight excluding hydrogens is 408 g/mol. The molecule has 4 nitrogen and oxygen atoms in total. The topological polar surface area (TPSA) is 34.1 Å². The van der Waals surface area contributed by atoms with Crippen molar-refractivity contribution in [3.8, 4) is 17.2 Å². The highest BCUT2D eigenvalue weighted by Gasteiger charge is 2.35. The molecule has 0 amide bonds. The number of aliphatic imine (C=N–C) groups is 1. The number of aryl methyl sites for hydroxylation is 1. The number of nitrogens with zero attached hydrogens (tertiary/aromatic N) is 2. The fourth-order valence-corrected chi connectivity index (χ4v) is 4.91. The highest BCUT2D eigenvalue weighted by atomic mass is 16.5. The normalized spacial score (nSPS) is 17.2. The lowest BCUT2D eigenvalue weighted by Gasteiger charge is -2.47. The first kappa shape index (κ1) is 22.9. The Morgan fingerprint density at radius 3 is 2.21 bits per heavy atom. The molecule has 0 unspecified atom stereocenters. The number of anilines is 1. The van der Waals surface area contributed by atoms with Crippen LogP contribution in [0.5, 0.6) is 17.2 Å². The second-order valence-electron chi connectivity index (χ2n) is 9.46. The molecule has 3 aromatic rings. The fraction of sp³-hybridized carbons (Fsp3) is 0.345. The molecule has 4 rings (SSSR count). The first-order chi connectivity index (χ1) is 15.8. The summed E-state index contributed by atoms with van der Waals surface area (Å²) in [5.41, 5.74) is 6.30. The van der Waals surface area contributed by atoms with E-state index in [0.29, 0.717) is 5.92 Å². The van der Waals surface area contributed by atoms with Gasteiger partial charge in [-0.2, -0.15) is 0 Å². The molecule has 1 aliphatic heterocycles. The Morgan fingerprint density at radius 2 is 1.61 bits per heavy atom. The average molecular weight is 443 g/mol. The second kappa shape index (κ2) is 9.30. The molecule has 0 aromatic heterocycles. The van der Waals surface area contributed by atoms with Gasteiger partial charge in [0.25, 0.3) is 0 Å². The second-order valence-corrected chi connectivity index (χ2v) is 9.46. The summed E-state index contributed by atoms with van der Waals surface area (Å²) in [6.07, 6.45) is 3.14. The van der Waals surface area contributed by atoms with Crippen LogP contribution in [-0.2, 0) is 0 Å². The lowest BCUT2D eigenvalue weighted by Crippen LogP contribution is -2.48. The molecule has 0 radical (unpaired) electrons. The van der Waals surface area contributed by atoms with Crippen molar-refractivity contribution in [2.45, 2.75) is 52.5 Å². The van der Waals surface area contributed by atoms with Crippen LogP contribution in [0, 0.1) is 6.92 Å². The molecule has 1 heterocycles. The largest absolute Gasteiger partial charge is 0.497 e. The van der Waals surface area contributed by atoms with Gasteiger partial charge in [-0.05, 0) is 117 Å². The Hall–Kier alpha value is -3.27. The molecule has 0 saturated heterocycles. The monoisotopic (exact) mass is 442 g/mol. The third kappa shape index (κ3) is 4.90. The number of hydrogen-bond acceptors (Lipinski definition) is 4. The lowest BCUT2D eigenvalue weighted by molar-refractivity contribution is 0.381. The molecule has 172 valence electrons. The smallest absolute Gasteiger partial charge is 0.127 e. The number of methoxy groups -OCH3 is 1. The summed E-state index contributed by atoms with van der Waals surface area (Å²) in [6.45, 7) is 12.5. The molecule has 0 N–H and O–H groups in total.